The van der Waals surface area contributed by atoms with Crippen molar-refractivity contribution in [3.63, 3.8) is 0 Å². The number of carboxylic acids is 1. The van der Waals surface area contributed by atoms with Gasteiger partial charge in [0.25, 0.3) is 5.91 Å². The van der Waals surface area contributed by atoms with Gasteiger partial charge in [-0.05, 0) is 30.7 Å². The summed E-state index contributed by atoms with van der Waals surface area (Å²) in [6.07, 6.45) is 3.31. The molecule has 0 saturated carbocycles. The Kier molecular flexibility index (Phi) is 7.43. The fourth-order valence-electron chi connectivity index (χ4n) is 2.03. The van der Waals surface area contributed by atoms with Gasteiger partial charge in [0.05, 0.1) is 12.5 Å². The molecule has 1 amide bonds. The molecule has 0 fully saturated rings. The number of carboxylic acid groups (broad SMARTS) is 1. The second kappa shape index (κ2) is 9.07. The van der Waals surface area contributed by atoms with Crippen LogP contribution in [0.25, 0.3) is 0 Å². The summed E-state index contributed by atoms with van der Waals surface area (Å²) in [5, 5.41) is 8.89. The Balaban J connectivity index is 2.54. The first-order chi connectivity index (χ1) is 10.5. The highest BCUT2D eigenvalue weighted by Gasteiger charge is 2.18. The second-order valence-corrected chi connectivity index (χ2v) is 5.50. The Morgan fingerprint density at radius 3 is 2.41 bits per heavy atom. The number of carbonyl (C=O) groups is 2. The highest BCUT2D eigenvalue weighted by atomic mass is 16.5. The monoisotopic (exact) mass is 307 g/mol. The number of amides is 1. The van der Waals surface area contributed by atoms with Gasteiger partial charge in [-0.15, -0.1) is 0 Å². The third-order valence-electron chi connectivity index (χ3n) is 3.43. The lowest BCUT2D eigenvalue weighted by molar-refractivity contribution is -0.141. The maximum atomic E-state index is 12.2. The minimum Gasteiger partial charge on any atom is -0.494 e. The Morgan fingerprint density at radius 1 is 1.23 bits per heavy atom. The predicted molar refractivity (Wildman–Crippen MR) is 85.2 cm³/mol. The van der Waals surface area contributed by atoms with Gasteiger partial charge in [-0.1, -0.05) is 26.7 Å². The highest BCUT2D eigenvalue weighted by molar-refractivity contribution is 5.94. The molecule has 1 atom stereocenters. The van der Waals surface area contributed by atoms with Crippen molar-refractivity contribution in [1.82, 2.24) is 4.90 Å². The summed E-state index contributed by atoms with van der Waals surface area (Å²) in [5.41, 5.74) is 0.529. The van der Waals surface area contributed by atoms with Gasteiger partial charge in [-0.25, -0.2) is 0 Å². The van der Waals surface area contributed by atoms with Crippen molar-refractivity contribution in [3.05, 3.63) is 29.8 Å². The van der Waals surface area contributed by atoms with Gasteiger partial charge in [-0.2, -0.15) is 0 Å². The number of rotatable bonds is 9. The van der Waals surface area contributed by atoms with E-state index in [-0.39, 0.29) is 12.5 Å². The van der Waals surface area contributed by atoms with Crippen LogP contribution in [0.3, 0.4) is 0 Å². The zero-order valence-electron chi connectivity index (χ0n) is 13.5. The number of carbonyl (C=O) groups excluding carboxylic acids is 1. The molecule has 0 aliphatic rings. The molecule has 1 unspecified atom stereocenters. The van der Waals surface area contributed by atoms with Crippen LogP contribution in [0.15, 0.2) is 24.3 Å². The fourth-order valence-corrected chi connectivity index (χ4v) is 2.03. The molecule has 0 spiro atoms. The average Bonchev–Trinajstić information content (AvgIpc) is 2.51. The second-order valence-electron chi connectivity index (χ2n) is 5.50. The van der Waals surface area contributed by atoms with E-state index in [1.807, 2.05) is 0 Å². The van der Waals surface area contributed by atoms with E-state index < -0.39 is 11.9 Å². The minimum absolute atomic E-state index is 0.184. The van der Waals surface area contributed by atoms with Crippen LogP contribution in [-0.4, -0.2) is 42.1 Å². The lowest BCUT2D eigenvalue weighted by Crippen LogP contribution is -2.33. The molecule has 5 nitrogen and oxygen atoms in total. The Labute approximate surface area is 131 Å². The van der Waals surface area contributed by atoms with Crippen LogP contribution in [0.1, 0.15) is 43.5 Å². The zero-order valence-corrected chi connectivity index (χ0v) is 13.5. The first-order valence-electron chi connectivity index (χ1n) is 7.66. The first kappa shape index (κ1) is 18.0. The van der Waals surface area contributed by atoms with Gasteiger partial charge in [0.15, 0.2) is 0 Å². The molecular weight excluding hydrogens is 282 g/mol. The standard InChI is InChI=1S/C17H25NO4/c1-4-5-6-11-22-15-9-7-14(8-10-15)16(19)18(3)12-13(2)17(20)21/h7-10,13H,4-6,11-12H2,1-3H3,(H,20,21). The van der Waals surface area contributed by atoms with E-state index in [0.717, 1.165) is 25.0 Å². The van der Waals surface area contributed by atoms with E-state index in [0.29, 0.717) is 12.2 Å². The number of hydrogen-bond donors (Lipinski definition) is 1. The van der Waals surface area contributed by atoms with E-state index in [1.165, 1.54) is 4.90 Å². The molecule has 1 aromatic carbocycles. The van der Waals surface area contributed by atoms with E-state index in [9.17, 15) is 9.59 Å². The van der Waals surface area contributed by atoms with Crippen LogP contribution in [0, 0.1) is 5.92 Å². The van der Waals surface area contributed by atoms with Crippen molar-refractivity contribution in [2.75, 3.05) is 20.2 Å². The molecule has 0 aliphatic heterocycles. The molecule has 1 rings (SSSR count). The van der Waals surface area contributed by atoms with Crippen molar-refractivity contribution in [3.8, 4) is 5.75 Å². The van der Waals surface area contributed by atoms with E-state index in [1.54, 1.807) is 38.2 Å². The third-order valence-corrected chi connectivity index (χ3v) is 3.43. The molecular formula is C17H25NO4. The third kappa shape index (κ3) is 5.76. The van der Waals surface area contributed by atoms with E-state index in [4.69, 9.17) is 9.84 Å². The topological polar surface area (TPSA) is 66.8 Å². The van der Waals surface area contributed by atoms with Crippen LogP contribution < -0.4 is 4.74 Å². The summed E-state index contributed by atoms with van der Waals surface area (Å²) in [5.74, 6) is -0.939. The fraction of sp³-hybridized carbons (Fsp3) is 0.529. The number of hydrogen-bond acceptors (Lipinski definition) is 3. The molecule has 0 saturated heterocycles. The van der Waals surface area contributed by atoms with Crippen LogP contribution in [0.2, 0.25) is 0 Å². The summed E-state index contributed by atoms with van der Waals surface area (Å²) in [7, 11) is 1.61. The first-order valence-corrected chi connectivity index (χ1v) is 7.66. The average molecular weight is 307 g/mol. The zero-order chi connectivity index (χ0) is 16.5. The number of ether oxygens (including phenoxy) is 1. The molecule has 5 heteroatoms. The molecule has 0 aromatic heterocycles. The number of nitrogens with zero attached hydrogens (tertiary/aromatic N) is 1. The van der Waals surface area contributed by atoms with Crippen LogP contribution in [-0.2, 0) is 4.79 Å². The molecule has 1 aromatic rings. The maximum Gasteiger partial charge on any atom is 0.308 e. The largest absolute Gasteiger partial charge is 0.494 e. The Hall–Kier alpha value is -2.04. The minimum atomic E-state index is -0.907. The summed E-state index contributed by atoms with van der Waals surface area (Å²) in [6, 6.07) is 6.96. The Bertz CT molecular complexity index is 484. The highest BCUT2D eigenvalue weighted by Crippen LogP contribution is 2.14. The van der Waals surface area contributed by atoms with Gasteiger partial charge in [0, 0.05) is 19.2 Å². The molecule has 22 heavy (non-hydrogen) atoms. The smallest absolute Gasteiger partial charge is 0.308 e. The van der Waals surface area contributed by atoms with Crippen LogP contribution >= 0.6 is 0 Å². The summed E-state index contributed by atoms with van der Waals surface area (Å²) < 4.78 is 5.60. The lowest BCUT2D eigenvalue weighted by atomic mass is 10.1. The molecule has 0 radical (unpaired) electrons. The van der Waals surface area contributed by atoms with Crippen molar-refractivity contribution in [1.29, 1.82) is 0 Å². The van der Waals surface area contributed by atoms with Gasteiger partial charge in [0.2, 0.25) is 0 Å². The van der Waals surface area contributed by atoms with Crippen LogP contribution in [0.4, 0.5) is 0 Å². The van der Waals surface area contributed by atoms with Crippen molar-refractivity contribution >= 4 is 11.9 Å². The summed E-state index contributed by atoms with van der Waals surface area (Å²) >= 11 is 0. The lowest BCUT2D eigenvalue weighted by Gasteiger charge is -2.19. The molecule has 0 aliphatic carbocycles. The maximum absolute atomic E-state index is 12.2. The van der Waals surface area contributed by atoms with Gasteiger partial charge < -0.3 is 14.7 Å². The predicted octanol–water partition coefficient (Wildman–Crippen LogP) is 3.05. The van der Waals surface area contributed by atoms with Gasteiger partial charge >= 0.3 is 5.97 Å². The normalized spacial score (nSPS) is 11.8. The summed E-state index contributed by atoms with van der Waals surface area (Å²) in [6.45, 7) is 4.59. The number of aliphatic carboxylic acids is 1. The van der Waals surface area contributed by atoms with Crippen LogP contribution in [0.5, 0.6) is 5.75 Å². The van der Waals surface area contributed by atoms with Crippen molar-refractivity contribution < 1.29 is 19.4 Å². The van der Waals surface area contributed by atoms with Gasteiger partial charge in [0.1, 0.15) is 5.75 Å². The quantitative estimate of drug-likeness (QED) is 0.712. The van der Waals surface area contributed by atoms with Crippen molar-refractivity contribution in [2.24, 2.45) is 5.92 Å². The molecule has 0 bridgehead atoms. The van der Waals surface area contributed by atoms with E-state index in [2.05, 4.69) is 6.92 Å². The number of unbranched alkanes of at least 4 members (excludes halogenated alkanes) is 2. The number of benzene rings is 1. The van der Waals surface area contributed by atoms with Crippen molar-refractivity contribution in [2.45, 2.75) is 33.1 Å². The van der Waals surface area contributed by atoms with E-state index >= 15 is 0 Å². The SMILES string of the molecule is CCCCCOc1ccc(C(=O)N(C)CC(C)C(=O)O)cc1. The van der Waals surface area contributed by atoms with Gasteiger partial charge in [-0.3, -0.25) is 9.59 Å². The molecule has 122 valence electrons. The summed E-state index contributed by atoms with van der Waals surface area (Å²) in [4.78, 5) is 24.5. The Morgan fingerprint density at radius 2 is 1.86 bits per heavy atom. The molecule has 1 N–H and O–H groups in total. The molecule has 0 heterocycles.